The van der Waals surface area contributed by atoms with Gasteiger partial charge < -0.3 is 14.5 Å². The van der Waals surface area contributed by atoms with E-state index in [-0.39, 0.29) is 6.09 Å². The van der Waals surface area contributed by atoms with E-state index in [4.69, 9.17) is 4.74 Å². The largest absolute Gasteiger partial charge is 0.449 e. The number of carbonyl (C=O) groups excluding carboxylic acids is 1. The zero-order chi connectivity index (χ0) is 35.8. The summed E-state index contributed by atoms with van der Waals surface area (Å²) < 4.78 is 5.83. The van der Waals surface area contributed by atoms with E-state index >= 15 is 0 Å². The fourth-order valence-electron chi connectivity index (χ4n) is 7.29. The molecule has 4 nitrogen and oxygen atoms in total. The molecule has 0 unspecified atom stereocenters. The maximum absolute atomic E-state index is 13.1. The van der Waals surface area contributed by atoms with E-state index in [1.165, 1.54) is 206 Å². The van der Waals surface area contributed by atoms with Gasteiger partial charge in [-0.1, -0.05) is 167 Å². The standard InChI is InChI=1S/C46H88N2O2/c1-3-5-7-9-11-13-15-17-19-21-23-25-27-29-31-37-43-48(46(49)50-45-39-42-47-40-35-33-34-36-41-47)44-38-32-30-28-26-24-22-20-18-16-14-12-10-8-6-4-2/h17-20H,3-16,21-45H2,1-2H3/b19-17-,20-18-. The molecule has 0 N–H and O–H groups in total. The summed E-state index contributed by atoms with van der Waals surface area (Å²) in [5.41, 5.74) is 0. The third-order valence-corrected chi connectivity index (χ3v) is 10.7. The Morgan fingerprint density at radius 1 is 0.480 bits per heavy atom. The number of allylic oxidation sites excluding steroid dienone is 4. The Morgan fingerprint density at radius 3 is 1.24 bits per heavy atom. The van der Waals surface area contributed by atoms with Crippen LogP contribution in [-0.2, 0) is 4.74 Å². The van der Waals surface area contributed by atoms with E-state index in [2.05, 4.69) is 43.1 Å². The van der Waals surface area contributed by atoms with Crippen molar-refractivity contribution in [2.75, 3.05) is 39.3 Å². The van der Waals surface area contributed by atoms with Gasteiger partial charge in [0.05, 0.1) is 6.61 Å². The van der Waals surface area contributed by atoms with Crippen LogP contribution >= 0.6 is 0 Å². The van der Waals surface area contributed by atoms with Crippen molar-refractivity contribution in [3.05, 3.63) is 24.3 Å². The molecule has 1 fully saturated rings. The molecule has 0 aromatic heterocycles. The number of nitrogens with zero attached hydrogens (tertiary/aromatic N) is 2. The second kappa shape index (κ2) is 38.9. The van der Waals surface area contributed by atoms with Crippen LogP contribution in [0.15, 0.2) is 24.3 Å². The first-order valence-corrected chi connectivity index (χ1v) is 22.7. The Morgan fingerprint density at radius 2 is 0.840 bits per heavy atom. The lowest BCUT2D eigenvalue weighted by Gasteiger charge is -2.23. The minimum atomic E-state index is -0.0682. The van der Waals surface area contributed by atoms with Crippen LogP contribution in [0, 0.1) is 0 Å². The lowest BCUT2D eigenvalue weighted by molar-refractivity contribution is 0.0960. The summed E-state index contributed by atoms with van der Waals surface area (Å²) in [5.74, 6) is 0. The van der Waals surface area contributed by atoms with Gasteiger partial charge in [0.1, 0.15) is 0 Å². The van der Waals surface area contributed by atoms with Gasteiger partial charge in [-0.3, -0.25) is 0 Å². The summed E-state index contributed by atoms with van der Waals surface area (Å²) in [7, 11) is 0. The van der Waals surface area contributed by atoms with Gasteiger partial charge in [-0.25, -0.2) is 4.79 Å². The first-order valence-electron chi connectivity index (χ1n) is 22.7. The molecule has 1 saturated heterocycles. The minimum absolute atomic E-state index is 0.0682. The Bertz CT molecular complexity index is 700. The molecule has 1 aliphatic rings. The van der Waals surface area contributed by atoms with Gasteiger partial charge >= 0.3 is 6.09 Å². The quantitative estimate of drug-likeness (QED) is 0.0482. The smallest absolute Gasteiger partial charge is 0.409 e. The summed E-state index contributed by atoms with van der Waals surface area (Å²) in [6, 6.07) is 0. The van der Waals surface area contributed by atoms with Crippen LogP contribution in [0.5, 0.6) is 0 Å². The number of ether oxygens (including phenoxy) is 1. The third kappa shape index (κ3) is 32.6. The molecular weight excluding hydrogens is 613 g/mol. The molecule has 294 valence electrons. The molecule has 0 saturated carbocycles. The highest BCUT2D eigenvalue weighted by Gasteiger charge is 2.15. The van der Waals surface area contributed by atoms with Crippen molar-refractivity contribution in [2.24, 2.45) is 0 Å². The Kier molecular flexibility index (Phi) is 36.4. The number of rotatable bonds is 36. The van der Waals surface area contributed by atoms with Gasteiger partial charge in [0.25, 0.3) is 0 Å². The van der Waals surface area contributed by atoms with Gasteiger partial charge in [0.15, 0.2) is 0 Å². The van der Waals surface area contributed by atoms with Crippen molar-refractivity contribution < 1.29 is 9.53 Å². The topological polar surface area (TPSA) is 32.8 Å². The van der Waals surface area contributed by atoms with Crippen LogP contribution in [0.2, 0.25) is 0 Å². The number of hydrogen-bond donors (Lipinski definition) is 0. The zero-order valence-corrected chi connectivity index (χ0v) is 34.1. The van der Waals surface area contributed by atoms with Crippen molar-refractivity contribution in [3.63, 3.8) is 0 Å². The Balaban J connectivity index is 2.17. The molecule has 0 spiro atoms. The molecule has 4 heteroatoms. The fraction of sp³-hybridized carbons (Fsp3) is 0.891. The van der Waals surface area contributed by atoms with E-state index in [1.54, 1.807) is 0 Å². The first-order chi connectivity index (χ1) is 24.8. The molecule has 0 aromatic carbocycles. The summed E-state index contributed by atoms with van der Waals surface area (Å²) in [4.78, 5) is 17.7. The van der Waals surface area contributed by atoms with Crippen LogP contribution in [-0.4, -0.2) is 55.2 Å². The highest BCUT2D eigenvalue weighted by atomic mass is 16.6. The van der Waals surface area contributed by atoms with Crippen molar-refractivity contribution in [3.8, 4) is 0 Å². The molecule has 0 bridgehead atoms. The molecule has 0 atom stereocenters. The maximum Gasteiger partial charge on any atom is 0.409 e. The average molecular weight is 701 g/mol. The zero-order valence-electron chi connectivity index (χ0n) is 34.1. The van der Waals surface area contributed by atoms with Gasteiger partial charge in [-0.15, -0.1) is 0 Å². The van der Waals surface area contributed by atoms with Crippen molar-refractivity contribution in [1.82, 2.24) is 9.80 Å². The first kappa shape index (κ1) is 46.7. The number of carbonyl (C=O) groups is 1. The highest BCUT2D eigenvalue weighted by molar-refractivity contribution is 5.67. The minimum Gasteiger partial charge on any atom is -0.449 e. The predicted octanol–water partition coefficient (Wildman–Crippen LogP) is 14.8. The normalized spacial score (nSPS) is 14.2. The molecule has 0 aromatic rings. The fourth-order valence-corrected chi connectivity index (χ4v) is 7.29. The molecule has 1 rings (SSSR count). The molecule has 50 heavy (non-hydrogen) atoms. The maximum atomic E-state index is 13.1. The van der Waals surface area contributed by atoms with Gasteiger partial charge in [-0.05, 0) is 96.6 Å². The predicted molar refractivity (Wildman–Crippen MR) is 221 cm³/mol. The Hall–Kier alpha value is -1.29. The van der Waals surface area contributed by atoms with Crippen molar-refractivity contribution in [1.29, 1.82) is 0 Å². The molecule has 0 aliphatic carbocycles. The molecule has 0 radical (unpaired) electrons. The number of amides is 1. The summed E-state index contributed by atoms with van der Waals surface area (Å²) >= 11 is 0. The molecular formula is C46H88N2O2. The number of likely N-dealkylation sites (tertiary alicyclic amines) is 1. The molecule has 1 heterocycles. The van der Waals surface area contributed by atoms with E-state index in [1.807, 2.05) is 4.90 Å². The number of hydrogen-bond acceptors (Lipinski definition) is 3. The van der Waals surface area contributed by atoms with Crippen molar-refractivity contribution >= 4 is 6.09 Å². The second-order valence-corrected chi connectivity index (χ2v) is 15.6. The van der Waals surface area contributed by atoms with E-state index in [0.717, 1.165) is 38.9 Å². The lowest BCUT2D eigenvalue weighted by Crippen LogP contribution is -2.34. The molecule has 1 aliphatic heterocycles. The number of unbranched alkanes of at least 4 members (excludes halogenated alkanes) is 24. The van der Waals surface area contributed by atoms with Crippen LogP contribution in [0.1, 0.15) is 226 Å². The van der Waals surface area contributed by atoms with Gasteiger partial charge in [0.2, 0.25) is 0 Å². The average Bonchev–Trinajstić information content (AvgIpc) is 3.41. The van der Waals surface area contributed by atoms with Gasteiger partial charge in [0, 0.05) is 19.6 Å². The monoisotopic (exact) mass is 701 g/mol. The van der Waals surface area contributed by atoms with Crippen LogP contribution in [0.25, 0.3) is 0 Å². The SMILES string of the molecule is CCCCCCCC/C=C\CCCCCCCCN(CCCCCCCC/C=C\CCCCCCCC)C(=O)OCCCN1CCCCCC1. The molecule has 1 amide bonds. The van der Waals surface area contributed by atoms with Crippen LogP contribution < -0.4 is 0 Å². The van der Waals surface area contributed by atoms with Crippen LogP contribution in [0.4, 0.5) is 4.79 Å². The lowest BCUT2D eigenvalue weighted by atomic mass is 10.1. The van der Waals surface area contributed by atoms with E-state index in [9.17, 15) is 4.79 Å². The van der Waals surface area contributed by atoms with Gasteiger partial charge in [-0.2, -0.15) is 0 Å². The third-order valence-electron chi connectivity index (χ3n) is 10.7. The second-order valence-electron chi connectivity index (χ2n) is 15.6. The Labute approximate surface area is 314 Å². The van der Waals surface area contributed by atoms with E-state index < -0.39 is 0 Å². The summed E-state index contributed by atoms with van der Waals surface area (Å²) in [6.07, 6.45) is 52.8. The summed E-state index contributed by atoms with van der Waals surface area (Å²) in [6.45, 7) is 10.4. The van der Waals surface area contributed by atoms with Crippen LogP contribution in [0.3, 0.4) is 0 Å². The van der Waals surface area contributed by atoms with E-state index in [0.29, 0.717) is 6.61 Å². The summed E-state index contributed by atoms with van der Waals surface area (Å²) in [5, 5.41) is 0. The highest BCUT2D eigenvalue weighted by Crippen LogP contribution is 2.14. The van der Waals surface area contributed by atoms with Crippen molar-refractivity contribution in [2.45, 2.75) is 226 Å².